The zero-order chi connectivity index (χ0) is 14.2. The summed E-state index contributed by atoms with van der Waals surface area (Å²) in [6.45, 7) is 11.0. The Bertz CT molecular complexity index is 302. The molecule has 0 aromatic rings. The molecule has 5 heteroatoms. The van der Waals surface area contributed by atoms with Crippen LogP contribution in [0, 0.1) is 5.92 Å². The highest BCUT2D eigenvalue weighted by atomic mass is 32.2. The van der Waals surface area contributed by atoms with E-state index >= 15 is 0 Å². The molecule has 4 nitrogen and oxygen atoms in total. The molecule has 0 saturated carbocycles. The van der Waals surface area contributed by atoms with E-state index in [9.17, 15) is 0 Å². The average Bonchev–Trinajstić information content (AvgIpc) is 3.13. The Balaban J connectivity index is 1.73. The van der Waals surface area contributed by atoms with Crippen molar-refractivity contribution in [3.63, 3.8) is 0 Å². The third-order valence-corrected chi connectivity index (χ3v) is 5.59. The molecule has 2 aliphatic heterocycles. The smallest absolute Gasteiger partial charge is 0.191 e. The van der Waals surface area contributed by atoms with Crippen molar-refractivity contribution in [1.82, 2.24) is 15.5 Å². The van der Waals surface area contributed by atoms with Crippen LogP contribution in [0.25, 0.3) is 0 Å². The van der Waals surface area contributed by atoms with Gasteiger partial charge in [-0.05, 0) is 50.9 Å². The molecular formula is C15H30N4S. The molecule has 2 rings (SSSR count). The molecule has 0 aliphatic carbocycles. The van der Waals surface area contributed by atoms with Gasteiger partial charge in [-0.1, -0.05) is 6.92 Å². The van der Waals surface area contributed by atoms with Crippen molar-refractivity contribution in [2.75, 3.05) is 45.0 Å². The third-order valence-electron chi connectivity index (χ3n) is 4.19. The second kappa shape index (κ2) is 8.78. The van der Waals surface area contributed by atoms with Crippen LogP contribution in [0.1, 0.15) is 33.1 Å². The molecule has 0 bridgehead atoms. The van der Waals surface area contributed by atoms with Gasteiger partial charge in [0.2, 0.25) is 0 Å². The summed E-state index contributed by atoms with van der Waals surface area (Å²) in [5, 5.41) is 7.67. The first kappa shape index (κ1) is 16.0. The lowest BCUT2D eigenvalue weighted by Gasteiger charge is -2.16. The topological polar surface area (TPSA) is 39.7 Å². The van der Waals surface area contributed by atoms with Crippen molar-refractivity contribution >= 4 is 17.7 Å². The molecule has 2 atom stereocenters. The SMILES string of the molecule is CCNC(=NCC1CCN(CC)C1)NCC1CCCS1. The molecule has 20 heavy (non-hydrogen) atoms. The second-order valence-corrected chi connectivity index (χ2v) is 7.19. The molecular weight excluding hydrogens is 268 g/mol. The number of nitrogens with zero attached hydrogens (tertiary/aromatic N) is 2. The quantitative estimate of drug-likeness (QED) is 0.579. The van der Waals surface area contributed by atoms with Crippen molar-refractivity contribution in [3.05, 3.63) is 0 Å². The maximum atomic E-state index is 4.78. The molecule has 0 spiro atoms. The fourth-order valence-electron chi connectivity index (χ4n) is 2.93. The summed E-state index contributed by atoms with van der Waals surface area (Å²) in [6, 6.07) is 0. The first-order valence-corrected chi connectivity index (χ1v) is 9.22. The highest BCUT2D eigenvalue weighted by Crippen LogP contribution is 2.25. The predicted octanol–water partition coefficient (Wildman–Crippen LogP) is 1.78. The standard InChI is InChI=1S/C15H30N4S/c1-3-16-15(18-11-14-6-5-9-20-14)17-10-13-7-8-19(4-2)12-13/h13-14H,3-12H2,1-2H3,(H2,16,17,18). The van der Waals surface area contributed by atoms with Crippen LogP contribution < -0.4 is 10.6 Å². The van der Waals surface area contributed by atoms with Gasteiger partial charge in [0.15, 0.2) is 5.96 Å². The van der Waals surface area contributed by atoms with Gasteiger partial charge in [0.05, 0.1) is 0 Å². The lowest BCUT2D eigenvalue weighted by Crippen LogP contribution is -2.40. The molecule has 2 unspecified atom stereocenters. The summed E-state index contributed by atoms with van der Waals surface area (Å²) in [5.74, 6) is 3.08. The van der Waals surface area contributed by atoms with Crippen LogP contribution in [0.2, 0.25) is 0 Å². The highest BCUT2D eigenvalue weighted by molar-refractivity contribution is 8.00. The van der Waals surface area contributed by atoms with E-state index in [-0.39, 0.29) is 0 Å². The zero-order valence-electron chi connectivity index (χ0n) is 13.0. The number of hydrogen-bond donors (Lipinski definition) is 2. The molecule has 0 radical (unpaired) electrons. The molecule has 2 aliphatic rings. The van der Waals surface area contributed by atoms with Crippen LogP contribution in [0.15, 0.2) is 4.99 Å². The van der Waals surface area contributed by atoms with E-state index < -0.39 is 0 Å². The summed E-state index contributed by atoms with van der Waals surface area (Å²) in [4.78, 5) is 7.31. The van der Waals surface area contributed by atoms with E-state index in [2.05, 4.69) is 41.1 Å². The van der Waals surface area contributed by atoms with Crippen molar-refractivity contribution < 1.29 is 0 Å². The van der Waals surface area contributed by atoms with E-state index in [0.29, 0.717) is 0 Å². The van der Waals surface area contributed by atoms with Gasteiger partial charge >= 0.3 is 0 Å². The van der Waals surface area contributed by atoms with E-state index in [1.165, 1.54) is 44.6 Å². The van der Waals surface area contributed by atoms with Gasteiger partial charge in [-0.2, -0.15) is 11.8 Å². The number of likely N-dealkylation sites (tertiary alicyclic amines) is 1. The summed E-state index contributed by atoms with van der Waals surface area (Å²) in [7, 11) is 0. The van der Waals surface area contributed by atoms with Crippen LogP contribution in [0.3, 0.4) is 0 Å². The van der Waals surface area contributed by atoms with Crippen LogP contribution >= 0.6 is 11.8 Å². The van der Waals surface area contributed by atoms with E-state index in [0.717, 1.165) is 36.8 Å². The molecule has 2 N–H and O–H groups in total. The first-order valence-electron chi connectivity index (χ1n) is 8.18. The minimum Gasteiger partial charge on any atom is -0.357 e. The van der Waals surface area contributed by atoms with Crippen molar-refractivity contribution in [2.45, 2.75) is 38.4 Å². The summed E-state index contributed by atoms with van der Waals surface area (Å²) < 4.78 is 0. The van der Waals surface area contributed by atoms with Crippen LogP contribution in [0.4, 0.5) is 0 Å². The number of hydrogen-bond acceptors (Lipinski definition) is 3. The van der Waals surface area contributed by atoms with E-state index in [1.807, 2.05) is 0 Å². The Morgan fingerprint density at radius 2 is 2.20 bits per heavy atom. The van der Waals surface area contributed by atoms with Gasteiger partial charge in [-0.25, -0.2) is 0 Å². The Morgan fingerprint density at radius 3 is 2.85 bits per heavy atom. The zero-order valence-corrected chi connectivity index (χ0v) is 13.8. The van der Waals surface area contributed by atoms with E-state index in [1.54, 1.807) is 0 Å². The van der Waals surface area contributed by atoms with Gasteiger partial charge < -0.3 is 15.5 Å². The predicted molar refractivity (Wildman–Crippen MR) is 89.7 cm³/mol. The molecule has 116 valence electrons. The Kier molecular flexibility index (Phi) is 7.00. The molecule has 0 aromatic carbocycles. The van der Waals surface area contributed by atoms with Gasteiger partial charge in [0.25, 0.3) is 0 Å². The van der Waals surface area contributed by atoms with Crippen molar-refractivity contribution in [2.24, 2.45) is 10.9 Å². The van der Waals surface area contributed by atoms with Crippen LogP contribution in [-0.2, 0) is 0 Å². The number of guanidine groups is 1. The average molecular weight is 298 g/mol. The second-order valence-electron chi connectivity index (χ2n) is 5.78. The lowest BCUT2D eigenvalue weighted by atomic mass is 10.1. The van der Waals surface area contributed by atoms with E-state index in [4.69, 9.17) is 4.99 Å². The maximum Gasteiger partial charge on any atom is 0.191 e. The first-order chi connectivity index (χ1) is 9.81. The Hall–Kier alpha value is -0.420. The van der Waals surface area contributed by atoms with Crippen molar-refractivity contribution in [3.8, 4) is 0 Å². The van der Waals surface area contributed by atoms with Crippen LogP contribution in [0.5, 0.6) is 0 Å². The molecule has 0 aromatic heterocycles. The largest absolute Gasteiger partial charge is 0.357 e. The summed E-state index contributed by atoms with van der Waals surface area (Å²) >= 11 is 2.10. The number of nitrogens with one attached hydrogen (secondary N) is 2. The van der Waals surface area contributed by atoms with Crippen molar-refractivity contribution in [1.29, 1.82) is 0 Å². The molecule has 2 fully saturated rings. The Morgan fingerprint density at radius 1 is 1.30 bits per heavy atom. The monoisotopic (exact) mass is 298 g/mol. The molecule has 2 heterocycles. The lowest BCUT2D eigenvalue weighted by molar-refractivity contribution is 0.343. The molecule has 0 amide bonds. The number of thioether (sulfide) groups is 1. The van der Waals surface area contributed by atoms with Gasteiger partial charge in [-0.15, -0.1) is 0 Å². The highest BCUT2D eigenvalue weighted by Gasteiger charge is 2.21. The van der Waals surface area contributed by atoms with Gasteiger partial charge in [0.1, 0.15) is 0 Å². The summed E-state index contributed by atoms with van der Waals surface area (Å²) in [6.07, 6.45) is 4.03. The number of aliphatic imine (C=N–C) groups is 1. The van der Waals surface area contributed by atoms with Gasteiger partial charge in [-0.3, -0.25) is 4.99 Å². The van der Waals surface area contributed by atoms with Crippen LogP contribution in [-0.4, -0.2) is 61.1 Å². The third kappa shape index (κ3) is 5.17. The minimum absolute atomic E-state index is 0.742. The molecule has 2 saturated heterocycles. The summed E-state index contributed by atoms with van der Waals surface area (Å²) in [5.41, 5.74) is 0. The maximum absolute atomic E-state index is 4.78. The number of rotatable bonds is 6. The fourth-order valence-corrected chi connectivity index (χ4v) is 4.13. The normalized spacial score (nSPS) is 28.0. The Labute approximate surface area is 128 Å². The van der Waals surface area contributed by atoms with Gasteiger partial charge in [0, 0.05) is 31.4 Å². The minimum atomic E-state index is 0.742. The fraction of sp³-hybridized carbons (Fsp3) is 0.933.